The standard InChI is InChI=1S/C12H17N3O3S/c1-15(5-6-3-4-6)11-7(12(17)18-2)8(13)9(19-11)10(14)16/h6H,3-5,13H2,1-2H3,(H2,14,16). The fourth-order valence-electron chi connectivity index (χ4n) is 1.95. The van der Waals surface area contributed by atoms with Crippen LogP contribution in [0.2, 0.25) is 0 Å². The maximum Gasteiger partial charge on any atom is 0.343 e. The molecule has 6 nitrogen and oxygen atoms in total. The maximum atomic E-state index is 11.8. The Morgan fingerprint density at radius 2 is 2.11 bits per heavy atom. The molecule has 104 valence electrons. The average molecular weight is 283 g/mol. The predicted octanol–water partition coefficient (Wildman–Crippen LogP) is 1.06. The molecule has 0 aliphatic heterocycles. The van der Waals surface area contributed by atoms with E-state index in [9.17, 15) is 9.59 Å². The molecule has 1 aromatic rings. The summed E-state index contributed by atoms with van der Waals surface area (Å²) < 4.78 is 4.73. The highest BCUT2D eigenvalue weighted by atomic mass is 32.1. The van der Waals surface area contributed by atoms with Crippen LogP contribution in [0.25, 0.3) is 0 Å². The zero-order valence-electron chi connectivity index (χ0n) is 10.9. The normalized spacial score (nSPS) is 14.2. The van der Waals surface area contributed by atoms with E-state index in [1.165, 1.54) is 20.0 Å². The Morgan fingerprint density at radius 1 is 1.47 bits per heavy atom. The van der Waals surface area contributed by atoms with E-state index in [0.717, 1.165) is 17.9 Å². The fraction of sp³-hybridized carbons (Fsp3) is 0.500. The Kier molecular flexibility index (Phi) is 3.66. The van der Waals surface area contributed by atoms with Gasteiger partial charge in [0.25, 0.3) is 5.91 Å². The second-order valence-electron chi connectivity index (χ2n) is 4.70. The number of amides is 1. The number of carbonyl (C=O) groups is 2. The molecule has 0 atom stereocenters. The number of nitrogens with zero attached hydrogens (tertiary/aromatic N) is 1. The van der Waals surface area contributed by atoms with Crippen molar-refractivity contribution in [2.75, 3.05) is 31.3 Å². The summed E-state index contributed by atoms with van der Waals surface area (Å²) in [6.45, 7) is 0.835. The van der Waals surface area contributed by atoms with Crippen LogP contribution in [0.5, 0.6) is 0 Å². The van der Waals surface area contributed by atoms with Gasteiger partial charge in [-0.15, -0.1) is 11.3 Å². The first kappa shape index (κ1) is 13.7. The first-order valence-electron chi connectivity index (χ1n) is 5.97. The number of nitrogens with two attached hydrogens (primary N) is 2. The number of hydrogen-bond acceptors (Lipinski definition) is 6. The molecule has 19 heavy (non-hydrogen) atoms. The van der Waals surface area contributed by atoms with Gasteiger partial charge in [0.1, 0.15) is 15.4 Å². The summed E-state index contributed by atoms with van der Waals surface area (Å²) in [6.07, 6.45) is 2.39. The molecule has 1 aromatic heterocycles. The monoisotopic (exact) mass is 283 g/mol. The molecule has 0 spiro atoms. The smallest absolute Gasteiger partial charge is 0.343 e. The van der Waals surface area contributed by atoms with Crippen LogP contribution in [0.1, 0.15) is 32.9 Å². The van der Waals surface area contributed by atoms with Gasteiger partial charge in [-0.1, -0.05) is 0 Å². The summed E-state index contributed by atoms with van der Waals surface area (Å²) in [5.74, 6) is -0.520. The van der Waals surface area contributed by atoms with Gasteiger partial charge in [-0.3, -0.25) is 4.79 Å². The molecule has 1 heterocycles. The SMILES string of the molecule is COC(=O)c1c(N(C)CC2CC2)sc(C(N)=O)c1N. The maximum absolute atomic E-state index is 11.8. The number of anilines is 2. The molecule has 1 saturated carbocycles. The number of primary amides is 1. The van der Waals surface area contributed by atoms with Crippen molar-refractivity contribution in [3.05, 3.63) is 10.4 Å². The van der Waals surface area contributed by atoms with Gasteiger partial charge < -0.3 is 21.1 Å². The second-order valence-corrected chi connectivity index (χ2v) is 5.70. The number of methoxy groups -OCH3 is 1. The van der Waals surface area contributed by atoms with Crippen molar-refractivity contribution in [3.63, 3.8) is 0 Å². The van der Waals surface area contributed by atoms with Crippen LogP contribution < -0.4 is 16.4 Å². The lowest BCUT2D eigenvalue weighted by Gasteiger charge is -2.18. The van der Waals surface area contributed by atoms with Crippen LogP contribution >= 0.6 is 11.3 Å². The number of esters is 1. The summed E-state index contributed by atoms with van der Waals surface area (Å²) >= 11 is 1.14. The molecule has 2 rings (SSSR count). The molecular weight excluding hydrogens is 266 g/mol. The second kappa shape index (κ2) is 5.08. The number of thiophene rings is 1. The van der Waals surface area contributed by atoms with Crippen molar-refractivity contribution in [2.45, 2.75) is 12.8 Å². The van der Waals surface area contributed by atoms with E-state index in [1.807, 2.05) is 11.9 Å². The number of carbonyl (C=O) groups excluding carboxylic acids is 2. The third-order valence-electron chi connectivity index (χ3n) is 3.12. The molecule has 4 N–H and O–H groups in total. The van der Waals surface area contributed by atoms with E-state index in [4.69, 9.17) is 16.2 Å². The highest BCUT2D eigenvalue weighted by Gasteiger charge is 2.30. The molecule has 0 radical (unpaired) electrons. The molecule has 0 aromatic carbocycles. The van der Waals surface area contributed by atoms with Crippen LogP contribution in [0.15, 0.2) is 0 Å². The zero-order chi connectivity index (χ0) is 14.2. The van der Waals surface area contributed by atoms with Crippen molar-refractivity contribution < 1.29 is 14.3 Å². The lowest BCUT2D eigenvalue weighted by atomic mass is 10.2. The first-order chi connectivity index (χ1) is 8.95. The van der Waals surface area contributed by atoms with Crippen LogP contribution in [-0.4, -0.2) is 32.6 Å². The van der Waals surface area contributed by atoms with Crippen LogP contribution in [0.4, 0.5) is 10.7 Å². The van der Waals surface area contributed by atoms with Crippen molar-refractivity contribution in [1.82, 2.24) is 0 Å². The molecular formula is C12H17N3O3S. The van der Waals surface area contributed by atoms with E-state index >= 15 is 0 Å². The number of rotatable bonds is 5. The fourth-order valence-corrected chi connectivity index (χ4v) is 2.98. The summed E-state index contributed by atoms with van der Waals surface area (Å²) in [5.41, 5.74) is 11.5. The van der Waals surface area contributed by atoms with Gasteiger partial charge >= 0.3 is 5.97 Å². The van der Waals surface area contributed by atoms with Gasteiger partial charge in [-0.25, -0.2) is 4.79 Å². The molecule has 0 bridgehead atoms. The van der Waals surface area contributed by atoms with Crippen molar-refractivity contribution in [2.24, 2.45) is 11.7 Å². The van der Waals surface area contributed by atoms with Crippen molar-refractivity contribution in [1.29, 1.82) is 0 Å². The van der Waals surface area contributed by atoms with Crippen LogP contribution in [-0.2, 0) is 4.74 Å². The number of nitrogen functional groups attached to an aromatic ring is 1. The zero-order valence-corrected chi connectivity index (χ0v) is 11.8. The quantitative estimate of drug-likeness (QED) is 0.787. The van der Waals surface area contributed by atoms with Gasteiger partial charge in [0.2, 0.25) is 0 Å². The molecule has 1 aliphatic rings. The van der Waals surface area contributed by atoms with E-state index in [-0.39, 0.29) is 16.1 Å². The van der Waals surface area contributed by atoms with E-state index in [1.54, 1.807) is 0 Å². The van der Waals surface area contributed by atoms with Gasteiger partial charge in [-0.05, 0) is 18.8 Å². The Hall–Kier alpha value is -1.76. The summed E-state index contributed by atoms with van der Waals surface area (Å²) in [7, 11) is 3.16. The van der Waals surface area contributed by atoms with E-state index in [2.05, 4.69) is 0 Å². The summed E-state index contributed by atoms with van der Waals surface area (Å²) in [5, 5.41) is 0.644. The predicted molar refractivity (Wildman–Crippen MR) is 74.6 cm³/mol. The molecule has 0 unspecified atom stereocenters. The topological polar surface area (TPSA) is 98.6 Å². The van der Waals surface area contributed by atoms with E-state index < -0.39 is 11.9 Å². The van der Waals surface area contributed by atoms with Crippen LogP contribution in [0, 0.1) is 5.92 Å². The third kappa shape index (κ3) is 2.65. The lowest BCUT2D eigenvalue weighted by Crippen LogP contribution is -2.21. The minimum Gasteiger partial charge on any atom is -0.465 e. The van der Waals surface area contributed by atoms with Crippen LogP contribution in [0.3, 0.4) is 0 Å². The lowest BCUT2D eigenvalue weighted by molar-refractivity contribution is 0.0603. The molecule has 1 aliphatic carbocycles. The summed E-state index contributed by atoms with van der Waals surface area (Å²) in [4.78, 5) is 25.3. The minimum atomic E-state index is -0.626. The Morgan fingerprint density at radius 3 is 2.58 bits per heavy atom. The van der Waals surface area contributed by atoms with Gasteiger partial charge in [0.05, 0.1) is 12.8 Å². The molecule has 1 amide bonds. The largest absolute Gasteiger partial charge is 0.465 e. The molecule has 7 heteroatoms. The third-order valence-corrected chi connectivity index (χ3v) is 4.45. The first-order valence-corrected chi connectivity index (χ1v) is 6.78. The van der Waals surface area contributed by atoms with Gasteiger partial charge in [-0.2, -0.15) is 0 Å². The Labute approximate surface area is 115 Å². The number of ether oxygens (including phenoxy) is 1. The highest BCUT2D eigenvalue weighted by molar-refractivity contribution is 7.19. The van der Waals surface area contributed by atoms with Crippen molar-refractivity contribution >= 4 is 33.9 Å². The molecule has 1 fully saturated rings. The molecule has 0 saturated heterocycles. The Balaban J connectivity index is 2.41. The average Bonchev–Trinajstić information content (AvgIpc) is 3.09. The van der Waals surface area contributed by atoms with E-state index in [0.29, 0.717) is 10.9 Å². The van der Waals surface area contributed by atoms with Gasteiger partial charge in [0.15, 0.2) is 0 Å². The highest BCUT2D eigenvalue weighted by Crippen LogP contribution is 2.40. The minimum absolute atomic E-state index is 0.113. The van der Waals surface area contributed by atoms with Gasteiger partial charge in [0, 0.05) is 13.6 Å². The van der Waals surface area contributed by atoms with Crippen molar-refractivity contribution in [3.8, 4) is 0 Å². The number of hydrogen-bond donors (Lipinski definition) is 2. The Bertz CT molecular complexity index is 523. The summed E-state index contributed by atoms with van der Waals surface area (Å²) in [6, 6.07) is 0.